The molecular formula is C14H13ClN4. The molecule has 0 unspecified atom stereocenters. The molecule has 0 aliphatic rings. The standard InChI is InChI=1S/C14H13ClN4/c1-19-11(6-7-17-19)9-16-14-12-5-3-2-4-10(12)8-13(15)18-14/h2-8H,9H2,1H3,(H,16,18). The van der Waals surface area contributed by atoms with Crippen LogP contribution in [0.2, 0.25) is 5.15 Å². The van der Waals surface area contributed by atoms with Crippen LogP contribution in [0.3, 0.4) is 0 Å². The number of nitrogens with zero attached hydrogens (tertiary/aromatic N) is 3. The SMILES string of the molecule is Cn1nccc1CNc1nc(Cl)cc2ccccc12. The van der Waals surface area contributed by atoms with Crippen molar-refractivity contribution in [3.05, 3.63) is 53.4 Å². The number of fused-ring (bicyclic) bond motifs is 1. The Morgan fingerprint density at radius 3 is 2.89 bits per heavy atom. The van der Waals surface area contributed by atoms with Gasteiger partial charge in [0.1, 0.15) is 11.0 Å². The maximum absolute atomic E-state index is 6.05. The predicted molar refractivity (Wildman–Crippen MR) is 77.3 cm³/mol. The van der Waals surface area contributed by atoms with Crippen LogP contribution in [0.25, 0.3) is 10.8 Å². The number of hydrogen-bond acceptors (Lipinski definition) is 3. The van der Waals surface area contributed by atoms with Gasteiger partial charge in [0, 0.05) is 18.6 Å². The van der Waals surface area contributed by atoms with Gasteiger partial charge in [-0.05, 0) is 17.5 Å². The van der Waals surface area contributed by atoms with Gasteiger partial charge in [0.05, 0.1) is 12.2 Å². The van der Waals surface area contributed by atoms with Crippen LogP contribution >= 0.6 is 11.6 Å². The first-order valence-electron chi connectivity index (χ1n) is 6.00. The number of halogens is 1. The fourth-order valence-electron chi connectivity index (χ4n) is 2.05. The molecule has 96 valence electrons. The van der Waals surface area contributed by atoms with Crippen molar-refractivity contribution in [1.82, 2.24) is 14.8 Å². The summed E-state index contributed by atoms with van der Waals surface area (Å²) in [6, 6.07) is 11.9. The number of nitrogens with one attached hydrogen (secondary N) is 1. The van der Waals surface area contributed by atoms with Gasteiger partial charge >= 0.3 is 0 Å². The Bertz CT molecular complexity index is 720. The van der Waals surface area contributed by atoms with Crippen molar-refractivity contribution in [2.45, 2.75) is 6.54 Å². The monoisotopic (exact) mass is 272 g/mol. The Hall–Kier alpha value is -2.07. The normalized spacial score (nSPS) is 10.8. The van der Waals surface area contributed by atoms with Gasteiger partial charge in [0.2, 0.25) is 0 Å². The van der Waals surface area contributed by atoms with Gasteiger partial charge in [0.25, 0.3) is 0 Å². The molecule has 2 heterocycles. The zero-order valence-corrected chi connectivity index (χ0v) is 11.2. The highest BCUT2D eigenvalue weighted by Crippen LogP contribution is 2.24. The Morgan fingerprint density at radius 2 is 2.11 bits per heavy atom. The van der Waals surface area contributed by atoms with Gasteiger partial charge in [0.15, 0.2) is 0 Å². The summed E-state index contributed by atoms with van der Waals surface area (Å²) in [7, 11) is 1.92. The van der Waals surface area contributed by atoms with E-state index in [0.29, 0.717) is 11.7 Å². The first-order valence-corrected chi connectivity index (χ1v) is 6.38. The highest BCUT2D eigenvalue weighted by atomic mass is 35.5. The van der Waals surface area contributed by atoms with E-state index in [-0.39, 0.29) is 0 Å². The second-order valence-electron chi connectivity index (χ2n) is 4.31. The summed E-state index contributed by atoms with van der Waals surface area (Å²) < 4.78 is 1.83. The number of rotatable bonds is 3. The third-order valence-corrected chi connectivity index (χ3v) is 3.26. The van der Waals surface area contributed by atoms with Crippen LogP contribution in [0.1, 0.15) is 5.69 Å². The molecule has 19 heavy (non-hydrogen) atoms. The highest BCUT2D eigenvalue weighted by Gasteiger charge is 2.05. The minimum atomic E-state index is 0.492. The topological polar surface area (TPSA) is 42.7 Å². The maximum atomic E-state index is 6.05. The molecule has 5 heteroatoms. The molecule has 4 nitrogen and oxygen atoms in total. The van der Waals surface area contributed by atoms with Crippen molar-refractivity contribution in [3.63, 3.8) is 0 Å². The van der Waals surface area contributed by atoms with Gasteiger partial charge < -0.3 is 5.32 Å². The van der Waals surface area contributed by atoms with Gasteiger partial charge in [-0.1, -0.05) is 35.9 Å². The van der Waals surface area contributed by atoms with Gasteiger partial charge in [-0.15, -0.1) is 0 Å². The molecule has 2 aromatic heterocycles. The first kappa shape index (κ1) is 12.0. The van der Waals surface area contributed by atoms with Crippen LogP contribution in [0, 0.1) is 0 Å². The van der Waals surface area contributed by atoms with Crippen molar-refractivity contribution in [3.8, 4) is 0 Å². The number of pyridine rings is 1. The third-order valence-electron chi connectivity index (χ3n) is 3.07. The fraction of sp³-hybridized carbons (Fsp3) is 0.143. The first-order chi connectivity index (χ1) is 9.24. The largest absolute Gasteiger partial charge is 0.364 e. The lowest BCUT2D eigenvalue weighted by atomic mass is 10.1. The molecule has 0 aliphatic heterocycles. The van der Waals surface area contributed by atoms with Gasteiger partial charge in [-0.3, -0.25) is 4.68 Å². The van der Waals surface area contributed by atoms with Gasteiger partial charge in [-0.2, -0.15) is 5.10 Å². The van der Waals surface area contributed by atoms with E-state index in [1.54, 1.807) is 6.20 Å². The lowest BCUT2D eigenvalue weighted by Crippen LogP contribution is -2.06. The third kappa shape index (κ3) is 2.39. The minimum absolute atomic E-state index is 0.492. The zero-order valence-electron chi connectivity index (χ0n) is 10.5. The number of benzene rings is 1. The van der Waals surface area contributed by atoms with E-state index in [9.17, 15) is 0 Å². The number of anilines is 1. The summed E-state index contributed by atoms with van der Waals surface area (Å²) in [5.74, 6) is 0.796. The second kappa shape index (κ2) is 4.90. The van der Waals surface area contributed by atoms with Crippen molar-refractivity contribution in [2.24, 2.45) is 7.05 Å². The molecule has 0 radical (unpaired) electrons. The Labute approximate surface area is 116 Å². The van der Waals surface area contributed by atoms with Crippen LogP contribution in [-0.2, 0) is 13.6 Å². The molecule has 0 spiro atoms. The quantitative estimate of drug-likeness (QED) is 0.745. The molecular weight excluding hydrogens is 260 g/mol. The van der Waals surface area contributed by atoms with E-state index in [4.69, 9.17) is 11.6 Å². The van der Waals surface area contributed by atoms with Crippen LogP contribution in [0.15, 0.2) is 42.6 Å². The maximum Gasteiger partial charge on any atom is 0.135 e. The zero-order chi connectivity index (χ0) is 13.2. The Morgan fingerprint density at radius 1 is 1.26 bits per heavy atom. The van der Waals surface area contributed by atoms with Crippen LogP contribution in [0.5, 0.6) is 0 Å². The molecule has 0 aliphatic carbocycles. The molecule has 1 N–H and O–H groups in total. The summed E-state index contributed by atoms with van der Waals surface area (Å²) in [6.45, 7) is 0.661. The summed E-state index contributed by atoms with van der Waals surface area (Å²) in [4.78, 5) is 4.36. The molecule has 0 saturated heterocycles. The average Bonchev–Trinajstić information content (AvgIpc) is 2.81. The Kier molecular flexibility index (Phi) is 3.09. The molecule has 0 atom stereocenters. The molecule has 0 bridgehead atoms. The van der Waals surface area contributed by atoms with Crippen molar-refractivity contribution < 1.29 is 0 Å². The summed E-state index contributed by atoms with van der Waals surface area (Å²) in [5.41, 5.74) is 1.09. The van der Waals surface area contributed by atoms with E-state index >= 15 is 0 Å². The summed E-state index contributed by atoms with van der Waals surface area (Å²) >= 11 is 6.05. The van der Waals surface area contributed by atoms with E-state index in [0.717, 1.165) is 22.3 Å². The van der Waals surface area contributed by atoms with Crippen molar-refractivity contribution in [1.29, 1.82) is 0 Å². The van der Waals surface area contributed by atoms with Crippen molar-refractivity contribution >= 4 is 28.2 Å². The number of aryl methyl sites for hydroxylation is 1. The summed E-state index contributed by atoms with van der Waals surface area (Å²) in [5, 5.41) is 10.1. The molecule has 0 amide bonds. The molecule has 3 rings (SSSR count). The van der Waals surface area contributed by atoms with E-state index < -0.39 is 0 Å². The van der Waals surface area contributed by atoms with Crippen LogP contribution in [-0.4, -0.2) is 14.8 Å². The number of aromatic nitrogens is 3. The second-order valence-corrected chi connectivity index (χ2v) is 4.70. The van der Waals surface area contributed by atoms with Crippen LogP contribution < -0.4 is 5.32 Å². The van der Waals surface area contributed by atoms with Crippen LogP contribution in [0.4, 0.5) is 5.82 Å². The molecule has 3 aromatic rings. The number of hydrogen-bond donors (Lipinski definition) is 1. The van der Waals surface area contributed by atoms with Crippen molar-refractivity contribution in [2.75, 3.05) is 5.32 Å². The predicted octanol–water partition coefficient (Wildman–Crippen LogP) is 3.23. The van der Waals surface area contributed by atoms with E-state index in [1.165, 1.54) is 0 Å². The lowest BCUT2D eigenvalue weighted by molar-refractivity contribution is 0.720. The summed E-state index contributed by atoms with van der Waals surface area (Å²) in [6.07, 6.45) is 1.78. The van der Waals surface area contributed by atoms with E-state index in [1.807, 2.05) is 48.1 Å². The highest BCUT2D eigenvalue weighted by molar-refractivity contribution is 6.30. The molecule has 0 fully saturated rings. The van der Waals surface area contributed by atoms with Gasteiger partial charge in [-0.25, -0.2) is 4.98 Å². The smallest absolute Gasteiger partial charge is 0.135 e. The average molecular weight is 273 g/mol. The molecule has 1 aromatic carbocycles. The lowest BCUT2D eigenvalue weighted by Gasteiger charge is -2.09. The Balaban J connectivity index is 1.94. The minimum Gasteiger partial charge on any atom is -0.364 e. The molecule has 0 saturated carbocycles. The fourth-order valence-corrected chi connectivity index (χ4v) is 2.25. The van der Waals surface area contributed by atoms with E-state index in [2.05, 4.69) is 15.4 Å².